The van der Waals surface area contributed by atoms with Crippen molar-refractivity contribution in [1.29, 1.82) is 0 Å². The van der Waals surface area contributed by atoms with Crippen LogP contribution in [-0.2, 0) is 22.1 Å². The molecule has 0 saturated heterocycles. The van der Waals surface area contributed by atoms with Crippen LogP contribution in [0.5, 0.6) is 0 Å². The average molecular weight is 417 g/mol. The molecule has 2 N–H and O–H groups in total. The van der Waals surface area contributed by atoms with Gasteiger partial charge in [-0.25, -0.2) is 12.8 Å². The molecule has 2 aromatic carbocycles. The van der Waals surface area contributed by atoms with Crippen molar-refractivity contribution in [3.05, 3.63) is 76.9 Å². The van der Waals surface area contributed by atoms with Gasteiger partial charge in [0.05, 0.1) is 18.3 Å². The molecule has 0 saturated carbocycles. The zero-order chi connectivity index (χ0) is 21.0. The fraction of sp³-hybridized carbons (Fsp3) is 0.333. The van der Waals surface area contributed by atoms with E-state index in [9.17, 15) is 12.8 Å². The molecular weight excluding hydrogens is 391 g/mol. The van der Waals surface area contributed by atoms with Gasteiger partial charge in [-0.15, -0.1) is 10.2 Å². The van der Waals surface area contributed by atoms with Crippen LogP contribution in [-0.4, -0.2) is 23.2 Å². The van der Waals surface area contributed by atoms with Crippen LogP contribution in [0.25, 0.3) is 0 Å². The van der Waals surface area contributed by atoms with Crippen molar-refractivity contribution in [3.63, 3.8) is 0 Å². The summed E-state index contributed by atoms with van der Waals surface area (Å²) in [6.07, 6.45) is 1.51. The lowest BCUT2D eigenvalue weighted by atomic mass is 10.1. The maximum atomic E-state index is 13.2. The second kappa shape index (κ2) is 8.84. The zero-order valence-corrected chi connectivity index (χ0v) is 17.4. The molecule has 0 aliphatic heterocycles. The Morgan fingerprint density at radius 2 is 1.66 bits per heavy atom. The number of nitrogens with zero attached hydrogens (tertiary/aromatic N) is 3. The molecule has 29 heavy (non-hydrogen) atoms. The van der Waals surface area contributed by atoms with Gasteiger partial charge < -0.3 is 5.73 Å². The average Bonchev–Trinajstić information content (AvgIpc) is 3.10. The van der Waals surface area contributed by atoms with Gasteiger partial charge in [0, 0.05) is 0 Å². The normalized spacial score (nSPS) is 12.8. The predicted octanol–water partition coefficient (Wildman–Crippen LogP) is 3.55. The van der Waals surface area contributed by atoms with Crippen LogP contribution in [0, 0.1) is 12.7 Å². The second-order valence-corrected chi connectivity index (χ2v) is 9.08. The summed E-state index contributed by atoms with van der Waals surface area (Å²) in [5.74, 6) is -0.255. The van der Waals surface area contributed by atoms with Crippen LogP contribution in [0.4, 0.5) is 4.39 Å². The number of rotatable bonds is 8. The highest BCUT2D eigenvalue weighted by Gasteiger charge is 2.27. The third-order valence-corrected chi connectivity index (χ3v) is 6.26. The number of aromatic nitrogens is 3. The van der Waals surface area contributed by atoms with Crippen molar-refractivity contribution < 1.29 is 12.8 Å². The number of benzene rings is 2. The van der Waals surface area contributed by atoms with Gasteiger partial charge in [0.25, 0.3) is 0 Å². The summed E-state index contributed by atoms with van der Waals surface area (Å²) in [5, 5.41) is 7.99. The summed E-state index contributed by atoms with van der Waals surface area (Å²) in [6.45, 7) is 4.30. The molecule has 1 atom stereocenters. The lowest BCUT2D eigenvalue weighted by Crippen LogP contribution is -2.20. The molecule has 1 heterocycles. The van der Waals surface area contributed by atoms with E-state index in [4.69, 9.17) is 5.73 Å². The van der Waals surface area contributed by atoms with Crippen LogP contribution in [0.1, 0.15) is 48.3 Å². The largest absolute Gasteiger partial charge is 0.321 e. The van der Waals surface area contributed by atoms with Crippen LogP contribution in [0.3, 0.4) is 0 Å². The predicted molar refractivity (Wildman–Crippen MR) is 109 cm³/mol. The monoisotopic (exact) mass is 416 g/mol. The Bertz CT molecular complexity index is 1060. The molecule has 0 amide bonds. The first-order valence-corrected chi connectivity index (χ1v) is 11.2. The van der Waals surface area contributed by atoms with Crippen molar-refractivity contribution in [3.8, 4) is 0 Å². The van der Waals surface area contributed by atoms with Gasteiger partial charge in [-0.3, -0.25) is 4.57 Å². The molecule has 0 bridgehead atoms. The molecule has 0 radical (unpaired) electrons. The Morgan fingerprint density at radius 1 is 1.03 bits per heavy atom. The van der Waals surface area contributed by atoms with E-state index in [0.717, 1.165) is 17.5 Å². The molecule has 3 rings (SSSR count). The molecule has 0 aliphatic carbocycles. The number of nitrogens with two attached hydrogens (primary N) is 1. The van der Waals surface area contributed by atoms with Gasteiger partial charge in [0.2, 0.25) is 15.0 Å². The highest BCUT2D eigenvalue weighted by Crippen LogP contribution is 2.22. The van der Waals surface area contributed by atoms with E-state index in [1.165, 1.54) is 24.3 Å². The van der Waals surface area contributed by atoms with Crippen molar-refractivity contribution in [2.24, 2.45) is 5.73 Å². The smallest absolute Gasteiger partial charge is 0.250 e. The highest BCUT2D eigenvalue weighted by molar-refractivity contribution is 7.90. The third-order valence-electron chi connectivity index (χ3n) is 4.69. The minimum absolute atomic E-state index is 0.121. The number of sulfone groups is 1. The summed E-state index contributed by atoms with van der Waals surface area (Å²) in [6, 6.07) is 12.8. The molecule has 6 nitrogen and oxygen atoms in total. The van der Waals surface area contributed by atoms with Crippen molar-refractivity contribution in [2.45, 2.75) is 50.2 Å². The molecule has 0 aliphatic rings. The summed E-state index contributed by atoms with van der Waals surface area (Å²) in [4.78, 5) is 0. The number of hydrogen-bond donors (Lipinski definition) is 1. The first-order valence-electron chi connectivity index (χ1n) is 9.51. The van der Waals surface area contributed by atoms with E-state index < -0.39 is 21.7 Å². The minimum atomic E-state index is -3.80. The fourth-order valence-electron chi connectivity index (χ4n) is 3.13. The standard InChI is InChI=1S/C21H25FN4O2S/c1-3-4-19(23)20-24-25-21(26(20)13-16-7-5-15(2)6-8-16)29(27,28)14-17-9-11-18(22)12-10-17/h5-12,19H,3-4,13-14,23H2,1-2H3. The first-order chi connectivity index (χ1) is 13.8. The van der Waals surface area contributed by atoms with E-state index in [-0.39, 0.29) is 10.9 Å². The molecule has 0 fully saturated rings. The Morgan fingerprint density at radius 3 is 2.28 bits per heavy atom. The van der Waals surface area contributed by atoms with Gasteiger partial charge in [-0.2, -0.15) is 0 Å². The molecule has 154 valence electrons. The Kier molecular flexibility index (Phi) is 6.44. The maximum Gasteiger partial charge on any atom is 0.250 e. The van der Waals surface area contributed by atoms with Crippen LogP contribution < -0.4 is 5.73 Å². The molecular formula is C21H25FN4O2S. The van der Waals surface area contributed by atoms with Crippen LogP contribution >= 0.6 is 0 Å². The minimum Gasteiger partial charge on any atom is -0.321 e. The number of halogens is 1. The second-order valence-electron chi connectivity index (χ2n) is 7.19. The van der Waals surface area contributed by atoms with Crippen molar-refractivity contribution >= 4 is 9.84 Å². The van der Waals surface area contributed by atoms with Crippen LogP contribution in [0.2, 0.25) is 0 Å². The van der Waals surface area contributed by atoms with Gasteiger partial charge in [0.1, 0.15) is 5.82 Å². The zero-order valence-electron chi connectivity index (χ0n) is 16.5. The van der Waals surface area contributed by atoms with Gasteiger partial charge in [-0.1, -0.05) is 55.3 Å². The van der Waals surface area contributed by atoms with Crippen LogP contribution in [0.15, 0.2) is 53.7 Å². The van der Waals surface area contributed by atoms with Crippen molar-refractivity contribution in [1.82, 2.24) is 14.8 Å². The summed E-state index contributed by atoms with van der Waals surface area (Å²) in [7, 11) is -3.80. The SMILES string of the molecule is CCCC(N)c1nnc(S(=O)(=O)Cc2ccc(F)cc2)n1Cc1ccc(C)cc1. The highest BCUT2D eigenvalue weighted by atomic mass is 32.2. The maximum absolute atomic E-state index is 13.2. The molecule has 8 heteroatoms. The lowest BCUT2D eigenvalue weighted by Gasteiger charge is -2.15. The number of hydrogen-bond acceptors (Lipinski definition) is 5. The third kappa shape index (κ3) is 5.07. The summed E-state index contributed by atoms with van der Waals surface area (Å²) >= 11 is 0. The quantitative estimate of drug-likeness (QED) is 0.606. The Labute approximate surface area is 170 Å². The molecule has 0 spiro atoms. The fourth-order valence-corrected chi connectivity index (χ4v) is 4.55. The van der Waals surface area contributed by atoms with Gasteiger partial charge in [0.15, 0.2) is 5.82 Å². The lowest BCUT2D eigenvalue weighted by molar-refractivity contribution is 0.537. The molecule has 1 unspecified atom stereocenters. The summed E-state index contributed by atoms with van der Waals surface area (Å²) < 4.78 is 40.9. The Hall–Kier alpha value is -2.58. The van der Waals surface area contributed by atoms with Gasteiger partial charge >= 0.3 is 0 Å². The van der Waals surface area contributed by atoms with Crippen molar-refractivity contribution in [2.75, 3.05) is 0 Å². The summed E-state index contributed by atoms with van der Waals surface area (Å²) in [5.41, 5.74) is 8.78. The topological polar surface area (TPSA) is 90.9 Å². The van der Waals surface area contributed by atoms with Gasteiger partial charge in [-0.05, 0) is 36.6 Å². The number of aryl methyl sites for hydroxylation is 1. The molecule has 1 aromatic heterocycles. The van der Waals surface area contributed by atoms with E-state index in [1.807, 2.05) is 38.1 Å². The van der Waals surface area contributed by atoms with E-state index in [1.54, 1.807) is 4.57 Å². The van der Waals surface area contributed by atoms with E-state index >= 15 is 0 Å². The van der Waals surface area contributed by atoms with E-state index in [0.29, 0.717) is 24.4 Å². The molecule has 3 aromatic rings. The van der Waals surface area contributed by atoms with E-state index in [2.05, 4.69) is 10.2 Å². The Balaban J connectivity index is 2.00. The first kappa shape index (κ1) is 21.1.